The first-order valence-electron chi connectivity index (χ1n) is 6.77. The van der Waals surface area contributed by atoms with Gasteiger partial charge in [-0.25, -0.2) is 0 Å². The highest BCUT2D eigenvalue weighted by atomic mass is 32.2. The van der Waals surface area contributed by atoms with Crippen molar-refractivity contribution in [2.75, 3.05) is 26.7 Å². The van der Waals surface area contributed by atoms with Crippen LogP contribution in [0.5, 0.6) is 0 Å². The van der Waals surface area contributed by atoms with Gasteiger partial charge in [-0.2, -0.15) is 17.0 Å². The Morgan fingerprint density at radius 1 is 1.50 bits per heavy atom. The lowest BCUT2D eigenvalue weighted by atomic mass is 10.0. The molecular formula is C12H26N2O3S. The summed E-state index contributed by atoms with van der Waals surface area (Å²) in [6.07, 6.45) is 3.59. The first-order valence-corrected chi connectivity index (χ1v) is 8.17. The van der Waals surface area contributed by atoms with Crippen molar-refractivity contribution >= 4 is 10.2 Å². The van der Waals surface area contributed by atoms with E-state index in [0.717, 1.165) is 25.7 Å². The van der Waals surface area contributed by atoms with Crippen molar-refractivity contribution in [2.45, 2.75) is 45.6 Å². The second-order valence-electron chi connectivity index (χ2n) is 5.21. The molecule has 5 nitrogen and oxygen atoms in total. The van der Waals surface area contributed by atoms with Crippen LogP contribution in [0.4, 0.5) is 0 Å². The van der Waals surface area contributed by atoms with Gasteiger partial charge in [-0.05, 0) is 32.1 Å². The standard InChI is InChI=1S/C12H26N2O3S/c1-4-6-11(2)13(3)18(16,17)14-8-5-7-12(9-14)10-15/h11-12,15H,4-10H2,1-3H3. The maximum absolute atomic E-state index is 12.4. The molecule has 0 radical (unpaired) electrons. The number of aliphatic hydroxyl groups excluding tert-OH is 1. The van der Waals surface area contributed by atoms with Gasteiger partial charge < -0.3 is 5.11 Å². The van der Waals surface area contributed by atoms with Crippen LogP contribution in [-0.4, -0.2) is 54.9 Å². The average molecular weight is 278 g/mol. The molecule has 18 heavy (non-hydrogen) atoms. The highest BCUT2D eigenvalue weighted by Crippen LogP contribution is 2.21. The summed E-state index contributed by atoms with van der Waals surface area (Å²) < 4.78 is 27.9. The first kappa shape index (κ1) is 15.9. The van der Waals surface area contributed by atoms with Gasteiger partial charge in [0, 0.05) is 32.8 Å². The number of hydrogen-bond donors (Lipinski definition) is 1. The Bertz CT molecular complexity index is 345. The SMILES string of the molecule is CCCC(C)N(C)S(=O)(=O)N1CCCC(CO)C1. The fourth-order valence-corrected chi connectivity index (χ4v) is 4.08. The van der Waals surface area contributed by atoms with Crippen LogP contribution in [0.2, 0.25) is 0 Å². The topological polar surface area (TPSA) is 60.9 Å². The van der Waals surface area contributed by atoms with Gasteiger partial charge in [-0.1, -0.05) is 13.3 Å². The number of nitrogens with zero attached hydrogens (tertiary/aromatic N) is 2. The van der Waals surface area contributed by atoms with Crippen LogP contribution in [-0.2, 0) is 10.2 Å². The molecule has 0 amide bonds. The van der Waals surface area contributed by atoms with Gasteiger partial charge in [-0.15, -0.1) is 0 Å². The highest BCUT2D eigenvalue weighted by Gasteiger charge is 2.33. The molecule has 1 saturated heterocycles. The fourth-order valence-electron chi connectivity index (χ4n) is 2.39. The zero-order chi connectivity index (χ0) is 13.8. The van der Waals surface area contributed by atoms with Crippen LogP contribution >= 0.6 is 0 Å². The van der Waals surface area contributed by atoms with Gasteiger partial charge in [0.25, 0.3) is 10.2 Å². The molecule has 0 aromatic carbocycles. The van der Waals surface area contributed by atoms with Crippen LogP contribution in [0.3, 0.4) is 0 Å². The molecule has 1 aliphatic heterocycles. The molecule has 0 bridgehead atoms. The largest absolute Gasteiger partial charge is 0.396 e. The molecule has 0 aromatic heterocycles. The van der Waals surface area contributed by atoms with Crippen molar-refractivity contribution in [3.05, 3.63) is 0 Å². The maximum Gasteiger partial charge on any atom is 0.281 e. The highest BCUT2D eigenvalue weighted by molar-refractivity contribution is 7.86. The van der Waals surface area contributed by atoms with Crippen LogP contribution in [0.15, 0.2) is 0 Å². The maximum atomic E-state index is 12.4. The zero-order valence-corrected chi connectivity index (χ0v) is 12.5. The van der Waals surface area contributed by atoms with E-state index in [1.807, 2.05) is 6.92 Å². The predicted octanol–water partition coefficient (Wildman–Crippen LogP) is 1.06. The molecule has 108 valence electrons. The average Bonchev–Trinajstić information content (AvgIpc) is 2.38. The number of rotatable bonds is 6. The van der Waals surface area contributed by atoms with E-state index in [1.165, 1.54) is 8.61 Å². The third kappa shape index (κ3) is 3.66. The Kier molecular flexibility index (Phi) is 6.04. The van der Waals surface area contributed by atoms with Crippen LogP contribution in [0, 0.1) is 5.92 Å². The van der Waals surface area contributed by atoms with Gasteiger partial charge in [0.2, 0.25) is 0 Å². The summed E-state index contributed by atoms with van der Waals surface area (Å²) in [6.45, 7) is 5.08. The minimum absolute atomic E-state index is 0.0227. The molecule has 1 fully saturated rings. The van der Waals surface area contributed by atoms with Gasteiger partial charge in [0.05, 0.1) is 0 Å². The van der Waals surface area contributed by atoms with Gasteiger partial charge in [-0.3, -0.25) is 0 Å². The Morgan fingerprint density at radius 2 is 2.17 bits per heavy atom. The number of hydrogen-bond acceptors (Lipinski definition) is 3. The summed E-state index contributed by atoms with van der Waals surface area (Å²) in [5, 5.41) is 9.17. The van der Waals surface area contributed by atoms with Crippen LogP contribution < -0.4 is 0 Å². The van der Waals surface area contributed by atoms with Crippen molar-refractivity contribution in [3.63, 3.8) is 0 Å². The summed E-state index contributed by atoms with van der Waals surface area (Å²) >= 11 is 0. The Balaban J connectivity index is 2.72. The molecule has 1 N–H and O–H groups in total. The second kappa shape index (κ2) is 6.84. The summed E-state index contributed by atoms with van der Waals surface area (Å²) in [6, 6.07) is 0.0227. The molecule has 1 heterocycles. The molecule has 0 spiro atoms. The summed E-state index contributed by atoms with van der Waals surface area (Å²) in [7, 11) is -1.72. The Hall–Kier alpha value is -0.170. The van der Waals surface area contributed by atoms with E-state index in [1.54, 1.807) is 7.05 Å². The lowest BCUT2D eigenvalue weighted by Gasteiger charge is -2.35. The van der Waals surface area contributed by atoms with E-state index in [4.69, 9.17) is 0 Å². The van der Waals surface area contributed by atoms with Crippen molar-refractivity contribution in [3.8, 4) is 0 Å². The van der Waals surface area contributed by atoms with Gasteiger partial charge in [0.1, 0.15) is 0 Å². The molecule has 2 atom stereocenters. The fraction of sp³-hybridized carbons (Fsp3) is 1.00. The number of piperidine rings is 1. The molecule has 1 rings (SSSR count). The van der Waals surface area contributed by atoms with E-state index in [2.05, 4.69) is 6.92 Å². The van der Waals surface area contributed by atoms with E-state index < -0.39 is 10.2 Å². The van der Waals surface area contributed by atoms with E-state index in [0.29, 0.717) is 13.1 Å². The quantitative estimate of drug-likeness (QED) is 0.790. The molecule has 6 heteroatoms. The first-order chi connectivity index (χ1) is 8.43. The van der Waals surface area contributed by atoms with E-state index >= 15 is 0 Å². The third-order valence-corrected chi connectivity index (χ3v) is 5.83. The number of aliphatic hydroxyl groups is 1. The van der Waals surface area contributed by atoms with E-state index in [-0.39, 0.29) is 18.6 Å². The van der Waals surface area contributed by atoms with Gasteiger partial charge in [0.15, 0.2) is 0 Å². The van der Waals surface area contributed by atoms with Crippen LogP contribution in [0.25, 0.3) is 0 Å². The molecule has 0 aliphatic carbocycles. The minimum Gasteiger partial charge on any atom is -0.396 e. The predicted molar refractivity (Wildman–Crippen MR) is 72.4 cm³/mol. The van der Waals surface area contributed by atoms with Crippen molar-refractivity contribution in [1.82, 2.24) is 8.61 Å². The van der Waals surface area contributed by atoms with Crippen molar-refractivity contribution in [2.24, 2.45) is 5.92 Å². The van der Waals surface area contributed by atoms with E-state index in [9.17, 15) is 13.5 Å². The van der Waals surface area contributed by atoms with Gasteiger partial charge >= 0.3 is 0 Å². The molecule has 1 aliphatic rings. The normalized spacial score (nSPS) is 24.4. The zero-order valence-electron chi connectivity index (χ0n) is 11.7. The summed E-state index contributed by atoms with van der Waals surface area (Å²) in [5.41, 5.74) is 0. The van der Waals surface area contributed by atoms with Crippen LogP contribution in [0.1, 0.15) is 39.5 Å². The summed E-state index contributed by atoms with van der Waals surface area (Å²) in [5.74, 6) is 0.0865. The van der Waals surface area contributed by atoms with Crippen molar-refractivity contribution < 1.29 is 13.5 Å². The third-order valence-electron chi connectivity index (χ3n) is 3.76. The van der Waals surface area contributed by atoms with Crippen molar-refractivity contribution in [1.29, 1.82) is 0 Å². The molecule has 0 aromatic rings. The Labute approximate surface area is 111 Å². The lowest BCUT2D eigenvalue weighted by Crippen LogP contribution is -2.49. The molecular weight excluding hydrogens is 252 g/mol. The summed E-state index contributed by atoms with van der Waals surface area (Å²) in [4.78, 5) is 0. The monoisotopic (exact) mass is 278 g/mol. The lowest BCUT2D eigenvalue weighted by molar-refractivity contribution is 0.160. The smallest absolute Gasteiger partial charge is 0.281 e. The Morgan fingerprint density at radius 3 is 2.72 bits per heavy atom. The minimum atomic E-state index is -3.37. The molecule has 2 unspecified atom stereocenters. The second-order valence-corrected chi connectivity index (χ2v) is 7.20. The molecule has 0 saturated carbocycles.